The van der Waals surface area contributed by atoms with E-state index in [1.165, 1.54) is 25.7 Å². The molecule has 1 fully saturated rings. The van der Waals surface area contributed by atoms with Crippen LogP contribution in [0.4, 0.5) is 0 Å². The molecule has 0 bridgehead atoms. The smallest absolute Gasteiger partial charge is 0.306 e. The predicted octanol–water partition coefficient (Wildman–Crippen LogP) is 4.02. The summed E-state index contributed by atoms with van der Waals surface area (Å²) in [5, 5.41) is 19.6. The number of hydrogen-bond donors (Lipinski definition) is 2. The molecule has 2 atom stereocenters. The van der Waals surface area contributed by atoms with Crippen LogP contribution in [0.25, 0.3) is 0 Å². The second-order valence-corrected chi connectivity index (χ2v) is 7.06. The van der Waals surface area contributed by atoms with E-state index in [9.17, 15) is 15.0 Å². The van der Waals surface area contributed by atoms with Crippen molar-refractivity contribution < 1.29 is 15.0 Å². The van der Waals surface area contributed by atoms with Gasteiger partial charge in [-0.05, 0) is 42.9 Å². The van der Waals surface area contributed by atoms with Gasteiger partial charge in [-0.25, -0.2) is 0 Å². The van der Waals surface area contributed by atoms with Crippen LogP contribution in [-0.4, -0.2) is 22.3 Å². The van der Waals surface area contributed by atoms with Gasteiger partial charge in [-0.15, -0.1) is 0 Å². The first kappa shape index (κ1) is 16.5. The first-order valence-electron chi connectivity index (χ1n) is 7.70. The first-order valence-corrected chi connectivity index (χ1v) is 8.49. The third-order valence-corrected chi connectivity index (χ3v) is 4.85. The second kappa shape index (κ2) is 7.95. The van der Waals surface area contributed by atoms with Crippen molar-refractivity contribution in [3.63, 3.8) is 0 Å². The predicted molar refractivity (Wildman–Crippen MR) is 86.2 cm³/mol. The average Bonchev–Trinajstić information content (AvgIpc) is 2.90. The summed E-state index contributed by atoms with van der Waals surface area (Å²) in [6.07, 6.45) is 5.93. The van der Waals surface area contributed by atoms with Gasteiger partial charge in [0.15, 0.2) is 0 Å². The standard InChI is InChI=1S/C17H23BrO3/c18-15-7-3-6-13(9-15)8-14(17(20)21)11-16(19)10-12-4-1-2-5-12/h3,6-7,9,12,14,16,19H,1-2,4-5,8,10-11H2,(H,20,21). The number of halogens is 1. The lowest BCUT2D eigenvalue weighted by Gasteiger charge is -2.19. The fourth-order valence-electron chi connectivity index (χ4n) is 3.28. The molecule has 0 heterocycles. The Morgan fingerprint density at radius 3 is 2.67 bits per heavy atom. The highest BCUT2D eigenvalue weighted by Crippen LogP contribution is 2.30. The molecule has 1 aromatic carbocycles. The fraction of sp³-hybridized carbons (Fsp3) is 0.588. The normalized spacial score (nSPS) is 18.6. The van der Waals surface area contributed by atoms with E-state index in [0.29, 0.717) is 18.8 Å². The minimum Gasteiger partial charge on any atom is -0.481 e. The number of carbonyl (C=O) groups is 1. The maximum absolute atomic E-state index is 11.4. The molecule has 0 aromatic heterocycles. The van der Waals surface area contributed by atoms with Crippen LogP contribution in [0.3, 0.4) is 0 Å². The molecule has 2 rings (SSSR count). The Morgan fingerprint density at radius 1 is 1.33 bits per heavy atom. The molecule has 2 N–H and O–H groups in total. The van der Waals surface area contributed by atoms with E-state index in [0.717, 1.165) is 16.5 Å². The number of rotatable bonds is 7. The number of aliphatic hydroxyl groups excluding tert-OH is 1. The van der Waals surface area contributed by atoms with E-state index in [4.69, 9.17) is 0 Å². The Kier molecular flexibility index (Phi) is 6.24. The van der Waals surface area contributed by atoms with Crippen LogP contribution >= 0.6 is 15.9 Å². The van der Waals surface area contributed by atoms with Gasteiger partial charge >= 0.3 is 5.97 Å². The second-order valence-electron chi connectivity index (χ2n) is 6.14. The lowest BCUT2D eigenvalue weighted by Crippen LogP contribution is -2.24. The average molecular weight is 355 g/mol. The largest absolute Gasteiger partial charge is 0.481 e. The topological polar surface area (TPSA) is 57.5 Å². The molecule has 1 saturated carbocycles. The minimum absolute atomic E-state index is 0.346. The van der Waals surface area contributed by atoms with Gasteiger partial charge in [-0.1, -0.05) is 53.7 Å². The zero-order valence-corrected chi connectivity index (χ0v) is 13.8. The van der Waals surface area contributed by atoms with Gasteiger partial charge in [0.2, 0.25) is 0 Å². The zero-order valence-electron chi connectivity index (χ0n) is 12.2. The molecule has 2 unspecified atom stereocenters. The van der Waals surface area contributed by atoms with Crippen LogP contribution in [0.5, 0.6) is 0 Å². The van der Waals surface area contributed by atoms with Crippen molar-refractivity contribution in [2.75, 3.05) is 0 Å². The molecule has 116 valence electrons. The monoisotopic (exact) mass is 354 g/mol. The molecule has 0 aliphatic heterocycles. The maximum atomic E-state index is 11.4. The fourth-order valence-corrected chi connectivity index (χ4v) is 3.72. The van der Waals surface area contributed by atoms with Crippen LogP contribution in [0.2, 0.25) is 0 Å². The van der Waals surface area contributed by atoms with Crippen molar-refractivity contribution >= 4 is 21.9 Å². The van der Waals surface area contributed by atoms with Gasteiger partial charge < -0.3 is 10.2 Å². The summed E-state index contributed by atoms with van der Waals surface area (Å²) in [7, 11) is 0. The highest BCUT2D eigenvalue weighted by Gasteiger charge is 2.25. The molecule has 3 nitrogen and oxygen atoms in total. The molecule has 1 aliphatic carbocycles. The quantitative estimate of drug-likeness (QED) is 0.777. The third-order valence-electron chi connectivity index (χ3n) is 4.36. The summed E-state index contributed by atoms with van der Waals surface area (Å²) >= 11 is 3.40. The van der Waals surface area contributed by atoms with Crippen LogP contribution in [0.15, 0.2) is 28.7 Å². The van der Waals surface area contributed by atoms with Crippen molar-refractivity contribution in [2.45, 2.75) is 51.0 Å². The highest BCUT2D eigenvalue weighted by molar-refractivity contribution is 9.10. The molecule has 0 spiro atoms. The van der Waals surface area contributed by atoms with Crippen LogP contribution in [-0.2, 0) is 11.2 Å². The lowest BCUT2D eigenvalue weighted by atomic mass is 9.89. The van der Waals surface area contributed by atoms with Gasteiger partial charge in [0.25, 0.3) is 0 Å². The van der Waals surface area contributed by atoms with Crippen LogP contribution in [0, 0.1) is 11.8 Å². The Labute approximate surface area is 134 Å². The van der Waals surface area contributed by atoms with Crippen molar-refractivity contribution in [1.29, 1.82) is 0 Å². The van der Waals surface area contributed by atoms with Crippen molar-refractivity contribution in [2.24, 2.45) is 11.8 Å². The van der Waals surface area contributed by atoms with E-state index in [2.05, 4.69) is 15.9 Å². The molecule has 0 amide bonds. The third kappa shape index (κ3) is 5.44. The van der Waals surface area contributed by atoms with E-state index in [-0.39, 0.29) is 0 Å². The van der Waals surface area contributed by atoms with E-state index < -0.39 is 18.0 Å². The van der Waals surface area contributed by atoms with Gasteiger partial charge in [-0.2, -0.15) is 0 Å². The molecule has 1 aliphatic rings. The van der Waals surface area contributed by atoms with E-state index in [1.54, 1.807) is 0 Å². The molecule has 0 radical (unpaired) electrons. The Bertz CT molecular complexity index is 469. The number of carboxylic acids is 1. The van der Waals surface area contributed by atoms with Gasteiger partial charge in [0, 0.05) is 4.47 Å². The Morgan fingerprint density at radius 2 is 2.05 bits per heavy atom. The number of aliphatic hydroxyl groups is 1. The SMILES string of the molecule is O=C(O)C(Cc1cccc(Br)c1)CC(O)CC1CCCC1. The molecule has 0 saturated heterocycles. The zero-order chi connectivity index (χ0) is 15.2. The summed E-state index contributed by atoms with van der Waals surface area (Å²) in [5.41, 5.74) is 0.991. The van der Waals surface area contributed by atoms with Crippen molar-refractivity contribution in [3.8, 4) is 0 Å². The summed E-state index contributed by atoms with van der Waals surface area (Å²) in [5.74, 6) is -0.753. The summed E-state index contributed by atoms with van der Waals surface area (Å²) in [6, 6.07) is 7.71. The molecule has 21 heavy (non-hydrogen) atoms. The Balaban J connectivity index is 1.90. The summed E-state index contributed by atoms with van der Waals surface area (Å²) < 4.78 is 0.954. The first-order chi connectivity index (χ1) is 10.0. The molecular weight excluding hydrogens is 332 g/mol. The van der Waals surface area contributed by atoms with Gasteiger partial charge in [0.1, 0.15) is 0 Å². The summed E-state index contributed by atoms with van der Waals surface area (Å²) in [6.45, 7) is 0. The van der Waals surface area contributed by atoms with E-state index in [1.807, 2.05) is 24.3 Å². The van der Waals surface area contributed by atoms with Crippen LogP contribution < -0.4 is 0 Å². The summed E-state index contributed by atoms with van der Waals surface area (Å²) in [4.78, 5) is 11.4. The van der Waals surface area contributed by atoms with Crippen molar-refractivity contribution in [3.05, 3.63) is 34.3 Å². The number of aliphatic carboxylic acids is 1. The van der Waals surface area contributed by atoms with Crippen molar-refractivity contribution in [1.82, 2.24) is 0 Å². The maximum Gasteiger partial charge on any atom is 0.306 e. The van der Waals surface area contributed by atoms with Gasteiger partial charge in [-0.3, -0.25) is 4.79 Å². The number of benzene rings is 1. The minimum atomic E-state index is -0.819. The van der Waals surface area contributed by atoms with Gasteiger partial charge in [0.05, 0.1) is 12.0 Å². The van der Waals surface area contributed by atoms with E-state index >= 15 is 0 Å². The van der Waals surface area contributed by atoms with Crippen LogP contribution in [0.1, 0.15) is 44.1 Å². The molecule has 4 heteroatoms. The lowest BCUT2D eigenvalue weighted by molar-refractivity contribution is -0.142. The molecule has 1 aromatic rings. The number of hydrogen-bond acceptors (Lipinski definition) is 2. The Hall–Kier alpha value is -0.870. The number of carboxylic acid groups (broad SMARTS) is 1. The highest BCUT2D eigenvalue weighted by atomic mass is 79.9. The molecular formula is C17H23BrO3.